The van der Waals surface area contributed by atoms with Crippen LogP contribution in [0.1, 0.15) is 25.2 Å². The third-order valence-electron chi connectivity index (χ3n) is 1.44. The summed E-state index contributed by atoms with van der Waals surface area (Å²) in [6, 6.07) is 0. The summed E-state index contributed by atoms with van der Waals surface area (Å²) >= 11 is 1.00. The summed E-state index contributed by atoms with van der Waals surface area (Å²) in [5, 5.41) is 2.68. The van der Waals surface area contributed by atoms with Gasteiger partial charge in [-0.1, -0.05) is 0 Å². The number of rotatable bonds is 2. The maximum atomic E-state index is 11.1. The first kappa shape index (κ1) is 9.66. The van der Waals surface area contributed by atoms with Crippen LogP contribution in [-0.2, 0) is 0 Å². The normalized spacial score (nSPS) is 9.69. The Bertz CT molecular complexity index is 359. The Labute approximate surface area is 79.0 Å². The van der Waals surface area contributed by atoms with E-state index in [2.05, 4.69) is 10.3 Å². The minimum absolute atomic E-state index is 0.258. The molecule has 0 atom stereocenters. The molecule has 1 aromatic heterocycles. The van der Waals surface area contributed by atoms with E-state index in [9.17, 15) is 9.59 Å². The van der Waals surface area contributed by atoms with Crippen LogP contribution < -0.4 is 11.1 Å². The molecule has 0 unspecified atom stereocenters. The van der Waals surface area contributed by atoms with Crippen molar-refractivity contribution in [3.8, 4) is 0 Å². The van der Waals surface area contributed by atoms with E-state index < -0.39 is 5.91 Å². The highest BCUT2D eigenvalue weighted by Gasteiger charge is 2.15. The summed E-state index contributed by atoms with van der Waals surface area (Å²) in [5.74, 6) is -0.856. The maximum absolute atomic E-state index is 11.1. The van der Waals surface area contributed by atoms with Crippen molar-refractivity contribution in [3.05, 3.63) is 15.6 Å². The molecule has 0 saturated carbocycles. The zero-order valence-electron chi connectivity index (χ0n) is 7.25. The number of aromatic nitrogens is 1. The first-order valence-electron chi connectivity index (χ1n) is 3.55. The van der Waals surface area contributed by atoms with Gasteiger partial charge in [-0.25, -0.2) is 4.98 Å². The number of carbonyl (C=O) groups is 2. The highest BCUT2D eigenvalue weighted by atomic mass is 32.1. The Morgan fingerprint density at radius 2 is 2.15 bits per heavy atom. The zero-order chi connectivity index (χ0) is 10.0. The maximum Gasteiger partial charge on any atom is 0.280 e. The van der Waals surface area contributed by atoms with E-state index in [0.29, 0.717) is 10.6 Å². The van der Waals surface area contributed by atoms with Crippen molar-refractivity contribution >= 4 is 23.2 Å². The minimum Gasteiger partial charge on any atom is -0.365 e. The van der Waals surface area contributed by atoms with Gasteiger partial charge >= 0.3 is 0 Å². The molecule has 0 bridgehead atoms. The Balaban J connectivity index is 3.09. The molecule has 0 aromatic carbocycles. The van der Waals surface area contributed by atoms with E-state index in [-0.39, 0.29) is 10.9 Å². The molecule has 0 radical (unpaired) electrons. The molecule has 2 amide bonds. The second-order valence-corrected chi connectivity index (χ2v) is 3.38. The number of nitrogens with zero attached hydrogens (tertiary/aromatic N) is 1. The van der Waals surface area contributed by atoms with Gasteiger partial charge in [-0.3, -0.25) is 9.59 Å². The smallest absolute Gasteiger partial charge is 0.280 e. The quantitative estimate of drug-likeness (QED) is 0.698. The fraction of sp³-hybridized carbons (Fsp3) is 0.286. The van der Waals surface area contributed by atoms with Crippen LogP contribution in [0.3, 0.4) is 0 Å². The Hall–Kier alpha value is -1.43. The first-order valence-corrected chi connectivity index (χ1v) is 4.37. The lowest BCUT2D eigenvalue weighted by atomic mass is 10.4. The van der Waals surface area contributed by atoms with Crippen molar-refractivity contribution in [2.24, 2.45) is 5.73 Å². The number of amides is 2. The monoisotopic (exact) mass is 199 g/mol. The molecule has 0 saturated heterocycles. The lowest BCUT2D eigenvalue weighted by molar-refractivity contribution is 0.0961. The number of hydrogen-bond acceptors (Lipinski definition) is 4. The van der Waals surface area contributed by atoms with Crippen molar-refractivity contribution in [1.82, 2.24) is 10.3 Å². The molecular formula is C7H9N3O2S. The van der Waals surface area contributed by atoms with Crippen LogP contribution in [0.15, 0.2) is 0 Å². The number of nitrogens with two attached hydrogens (primary N) is 1. The van der Waals surface area contributed by atoms with E-state index in [4.69, 9.17) is 5.73 Å². The summed E-state index contributed by atoms with van der Waals surface area (Å²) in [4.78, 5) is 26.1. The van der Waals surface area contributed by atoms with Crippen LogP contribution in [0.2, 0.25) is 0 Å². The predicted molar refractivity (Wildman–Crippen MR) is 48.8 cm³/mol. The Morgan fingerprint density at radius 3 is 2.54 bits per heavy atom. The number of aryl methyl sites for hydroxylation is 1. The molecule has 0 fully saturated rings. The van der Waals surface area contributed by atoms with Gasteiger partial charge in [0.1, 0.15) is 4.88 Å². The summed E-state index contributed by atoms with van der Waals surface area (Å²) in [6.45, 7) is 1.64. The molecular weight excluding hydrogens is 190 g/mol. The lowest BCUT2D eigenvalue weighted by Crippen LogP contribution is -2.17. The van der Waals surface area contributed by atoms with Crippen LogP contribution >= 0.6 is 11.3 Å². The molecule has 1 heterocycles. The van der Waals surface area contributed by atoms with Gasteiger partial charge in [0.25, 0.3) is 11.8 Å². The Morgan fingerprint density at radius 1 is 1.54 bits per heavy atom. The summed E-state index contributed by atoms with van der Waals surface area (Å²) in [6.07, 6.45) is 0. The molecule has 6 heteroatoms. The summed E-state index contributed by atoms with van der Waals surface area (Å²) in [7, 11) is 1.50. The summed E-state index contributed by atoms with van der Waals surface area (Å²) in [5.41, 5.74) is 5.57. The van der Waals surface area contributed by atoms with Gasteiger partial charge in [0.15, 0.2) is 5.01 Å². The number of thiazole rings is 1. The molecule has 0 aliphatic carbocycles. The molecule has 3 N–H and O–H groups in total. The third kappa shape index (κ3) is 1.83. The standard InChI is InChI=1S/C7H9N3O2S/c1-3-4(5(8)11)13-7(10-3)6(12)9-2/h1-2H3,(H2,8,11)(H,9,12). The van der Waals surface area contributed by atoms with E-state index >= 15 is 0 Å². The third-order valence-corrected chi connectivity index (χ3v) is 2.61. The Kier molecular flexibility index (Phi) is 2.62. The average molecular weight is 199 g/mol. The lowest BCUT2D eigenvalue weighted by Gasteiger charge is -1.89. The number of hydrogen-bond donors (Lipinski definition) is 2. The van der Waals surface area contributed by atoms with Crippen molar-refractivity contribution in [2.75, 3.05) is 7.05 Å². The van der Waals surface area contributed by atoms with E-state index in [1.165, 1.54) is 7.05 Å². The van der Waals surface area contributed by atoms with Gasteiger partial charge in [-0.15, -0.1) is 11.3 Å². The number of nitrogens with one attached hydrogen (secondary N) is 1. The van der Waals surface area contributed by atoms with Crippen LogP contribution in [-0.4, -0.2) is 23.8 Å². The average Bonchev–Trinajstić information content (AvgIpc) is 2.46. The fourth-order valence-corrected chi connectivity index (χ4v) is 1.69. The van der Waals surface area contributed by atoms with Crippen LogP contribution in [0, 0.1) is 6.92 Å². The van der Waals surface area contributed by atoms with Crippen molar-refractivity contribution in [1.29, 1.82) is 0 Å². The molecule has 0 aliphatic heterocycles. The van der Waals surface area contributed by atoms with Gasteiger partial charge in [0, 0.05) is 7.05 Å². The molecule has 1 rings (SSSR count). The SMILES string of the molecule is CNC(=O)c1nc(C)c(C(N)=O)s1. The zero-order valence-corrected chi connectivity index (χ0v) is 8.07. The molecule has 0 spiro atoms. The van der Waals surface area contributed by atoms with E-state index in [1.807, 2.05) is 0 Å². The second-order valence-electron chi connectivity index (χ2n) is 2.38. The van der Waals surface area contributed by atoms with Gasteiger partial charge in [-0.05, 0) is 6.92 Å². The molecule has 5 nitrogen and oxygen atoms in total. The van der Waals surface area contributed by atoms with Crippen LogP contribution in [0.4, 0.5) is 0 Å². The van der Waals surface area contributed by atoms with Crippen LogP contribution in [0.25, 0.3) is 0 Å². The topological polar surface area (TPSA) is 85.1 Å². The van der Waals surface area contributed by atoms with Crippen LogP contribution in [0.5, 0.6) is 0 Å². The van der Waals surface area contributed by atoms with Gasteiger partial charge in [0.05, 0.1) is 5.69 Å². The number of carbonyl (C=O) groups excluding carboxylic acids is 2. The molecule has 70 valence electrons. The summed E-state index contributed by atoms with van der Waals surface area (Å²) < 4.78 is 0. The van der Waals surface area contributed by atoms with E-state index in [1.54, 1.807) is 6.92 Å². The highest BCUT2D eigenvalue weighted by Crippen LogP contribution is 2.16. The molecule has 0 aliphatic rings. The van der Waals surface area contributed by atoms with Gasteiger partial charge in [-0.2, -0.15) is 0 Å². The minimum atomic E-state index is -0.551. The van der Waals surface area contributed by atoms with E-state index in [0.717, 1.165) is 11.3 Å². The molecule has 1 aromatic rings. The highest BCUT2D eigenvalue weighted by molar-refractivity contribution is 7.15. The van der Waals surface area contributed by atoms with Crippen molar-refractivity contribution in [3.63, 3.8) is 0 Å². The number of primary amides is 1. The predicted octanol–water partition coefficient (Wildman–Crippen LogP) is -0.0900. The van der Waals surface area contributed by atoms with Gasteiger partial charge in [0.2, 0.25) is 0 Å². The largest absolute Gasteiger partial charge is 0.365 e. The second kappa shape index (κ2) is 3.53. The van der Waals surface area contributed by atoms with Crippen molar-refractivity contribution < 1.29 is 9.59 Å². The molecule has 13 heavy (non-hydrogen) atoms. The fourth-order valence-electron chi connectivity index (χ4n) is 0.829. The first-order chi connectivity index (χ1) is 6.06. The van der Waals surface area contributed by atoms with Crippen molar-refractivity contribution in [2.45, 2.75) is 6.92 Å². The van der Waals surface area contributed by atoms with Gasteiger partial charge < -0.3 is 11.1 Å².